The van der Waals surface area contributed by atoms with E-state index in [0.717, 1.165) is 0 Å². The van der Waals surface area contributed by atoms with Gasteiger partial charge in [-0.25, -0.2) is 9.97 Å². The lowest BCUT2D eigenvalue weighted by Crippen LogP contribution is -1.83. The Bertz CT molecular complexity index is 149. The Morgan fingerprint density at radius 2 is 2.50 bits per heavy atom. The summed E-state index contributed by atoms with van der Waals surface area (Å²) in [6, 6.07) is 0. The minimum absolute atomic E-state index is 0.454. The lowest BCUT2D eigenvalue weighted by atomic mass is 10.6. The van der Waals surface area contributed by atoms with Gasteiger partial charge in [0, 0.05) is 6.20 Å². The van der Waals surface area contributed by atoms with Crippen molar-refractivity contribution < 1.29 is 0 Å². The summed E-state index contributed by atoms with van der Waals surface area (Å²) in [5.41, 5.74) is 0. The molecule has 0 aliphatic heterocycles. The standard InChI is InChI=1S/C5H4ClN2/c1-4-7-2-5(6)3-8-4/h2H,1H3. The molecule has 0 amide bonds. The molecule has 1 aromatic rings. The van der Waals surface area contributed by atoms with Gasteiger partial charge in [0.2, 0.25) is 0 Å². The van der Waals surface area contributed by atoms with E-state index in [9.17, 15) is 0 Å². The fourth-order valence-corrected chi connectivity index (χ4v) is 0.433. The summed E-state index contributed by atoms with van der Waals surface area (Å²) in [6.07, 6.45) is 4.07. The smallest absolute Gasteiger partial charge is 0.126 e. The van der Waals surface area contributed by atoms with E-state index >= 15 is 0 Å². The highest BCUT2D eigenvalue weighted by Crippen LogP contribution is 2.00. The summed E-state index contributed by atoms with van der Waals surface area (Å²) >= 11 is 5.43. The summed E-state index contributed by atoms with van der Waals surface area (Å²) in [5, 5.41) is 0.454. The number of rotatable bonds is 0. The van der Waals surface area contributed by atoms with Crippen molar-refractivity contribution in [3.8, 4) is 0 Å². The molecule has 0 aliphatic rings. The molecule has 0 unspecified atom stereocenters. The second kappa shape index (κ2) is 2.09. The molecule has 0 aliphatic carbocycles. The van der Waals surface area contributed by atoms with Crippen LogP contribution in [0.15, 0.2) is 6.20 Å². The molecule has 1 aromatic heterocycles. The SMILES string of the molecule is Cc1n[c]c(Cl)cn1. The number of hydrogen-bond donors (Lipinski definition) is 0. The van der Waals surface area contributed by atoms with Crippen molar-refractivity contribution in [2.75, 3.05) is 0 Å². The molecule has 1 heterocycles. The molecular formula is C5H4ClN2. The van der Waals surface area contributed by atoms with Crippen molar-refractivity contribution in [2.24, 2.45) is 0 Å². The Labute approximate surface area is 52.5 Å². The Morgan fingerprint density at radius 1 is 1.75 bits per heavy atom. The lowest BCUT2D eigenvalue weighted by Gasteiger charge is -1.85. The van der Waals surface area contributed by atoms with Crippen LogP contribution >= 0.6 is 11.6 Å². The highest BCUT2D eigenvalue weighted by molar-refractivity contribution is 6.30. The molecule has 0 saturated carbocycles. The Balaban J connectivity index is 3.03. The molecule has 2 nitrogen and oxygen atoms in total. The summed E-state index contributed by atoms with van der Waals surface area (Å²) in [5.74, 6) is 0.689. The quantitative estimate of drug-likeness (QED) is 0.524. The van der Waals surface area contributed by atoms with Gasteiger partial charge in [-0.1, -0.05) is 11.6 Å². The average Bonchev–Trinajstić information content (AvgIpc) is 1.77. The minimum atomic E-state index is 0.454. The largest absolute Gasteiger partial charge is 0.240 e. The van der Waals surface area contributed by atoms with Crippen LogP contribution < -0.4 is 0 Å². The normalized spacial score (nSPS) is 9.25. The fraction of sp³-hybridized carbons (Fsp3) is 0.200. The van der Waals surface area contributed by atoms with Gasteiger partial charge in [0.15, 0.2) is 0 Å². The molecule has 0 fully saturated rings. The van der Waals surface area contributed by atoms with Crippen LogP contribution in [-0.4, -0.2) is 9.97 Å². The topological polar surface area (TPSA) is 25.8 Å². The van der Waals surface area contributed by atoms with Crippen molar-refractivity contribution in [3.05, 3.63) is 23.2 Å². The summed E-state index contributed by atoms with van der Waals surface area (Å²) in [6.45, 7) is 1.78. The molecule has 0 spiro atoms. The molecule has 1 rings (SSSR count). The van der Waals surface area contributed by atoms with Gasteiger partial charge in [-0.15, -0.1) is 0 Å². The Morgan fingerprint density at radius 3 is 2.88 bits per heavy atom. The maximum atomic E-state index is 5.43. The van der Waals surface area contributed by atoms with Crippen LogP contribution in [0.3, 0.4) is 0 Å². The third-order valence-corrected chi connectivity index (χ3v) is 0.871. The Kier molecular flexibility index (Phi) is 1.44. The third-order valence-electron chi connectivity index (χ3n) is 0.689. The van der Waals surface area contributed by atoms with Gasteiger partial charge >= 0.3 is 0 Å². The fourth-order valence-electron chi connectivity index (χ4n) is 0.342. The van der Waals surface area contributed by atoms with Crippen molar-refractivity contribution in [3.63, 3.8) is 0 Å². The van der Waals surface area contributed by atoms with E-state index in [1.807, 2.05) is 0 Å². The highest BCUT2D eigenvalue weighted by atomic mass is 35.5. The van der Waals surface area contributed by atoms with Crippen molar-refractivity contribution in [1.82, 2.24) is 9.97 Å². The second-order valence-electron chi connectivity index (χ2n) is 1.38. The van der Waals surface area contributed by atoms with Gasteiger partial charge in [0.25, 0.3) is 0 Å². The van der Waals surface area contributed by atoms with Gasteiger partial charge in [0.1, 0.15) is 12.0 Å². The molecule has 1 radical (unpaired) electrons. The van der Waals surface area contributed by atoms with Crippen LogP contribution in [0.5, 0.6) is 0 Å². The second-order valence-corrected chi connectivity index (χ2v) is 1.78. The van der Waals surface area contributed by atoms with Crippen molar-refractivity contribution in [2.45, 2.75) is 6.92 Å². The van der Waals surface area contributed by atoms with Crippen LogP contribution in [0.4, 0.5) is 0 Å². The summed E-state index contributed by atoms with van der Waals surface area (Å²) in [4.78, 5) is 7.52. The number of nitrogens with zero attached hydrogens (tertiary/aromatic N) is 2. The predicted octanol–water partition coefficient (Wildman–Crippen LogP) is 1.24. The monoisotopic (exact) mass is 127 g/mol. The maximum absolute atomic E-state index is 5.43. The molecule has 41 valence electrons. The molecule has 0 aromatic carbocycles. The van der Waals surface area contributed by atoms with E-state index in [1.165, 1.54) is 6.20 Å². The zero-order chi connectivity index (χ0) is 5.98. The van der Waals surface area contributed by atoms with E-state index in [-0.39, 0.29) is 0 Å². The molecule has 0 atom stereocenters. The molecule has 3 heteroatoms. The van der Waals surface area contributed by atoms with Gasteiger partial charge < -0.3 is 0 Å². The van der Waals surface area contributed by atoms with E-state index in [1.54, 1.807) is 6.92 Å². The van der Waals surface area contributed by atoms with E-state index in [2.05, 4.69) is 16.2 Å². The first kappa shape index (κ1) is 5.51. The van der Waals surface area contributed by atoms with Crippen LogP contribution in [0.25, 0.3) is 0 Å². The van der Waals surface area contributed by atoms with E-state index < -0.39 is 0 Å². The number of aryl methyl sites for hydroxylation is 1. The van der Waals surface area contributed by atoms with Gasteiger partial charge in [-0.05, 0) is 6.92 Å². The van der Waals surface area contributed by atoms with Crippen LogP contribution in [-0.2, 0) is 0 Å². The number of aromatic nitrogens is 2. The van der Waals surface area contributed by atoms with E-state index in [0.29, 0.717) is 10.8 Å². The van der Waals surface area contributed by atoms with Gasteiger partial charge in [-0.3, -0.25) is 0 Å². The average molecular weight is 128 g/mol. The first-order chi connectivity index (χ1) is 3.79. The van der Waals surface area contributed by atoms with Crippen LogP contribution in [0.1, 0.15) is 5.82 Å². The zero-order valence-corrected chi connectivity index (χ0v) is 5.11. The van der Waals surface area contributed by atoms with Crippen molar-refractivity contribution in [1.29, 1.82) is 0 Å². The molecule has 0 N–H and O–H groups in total. The first-order valence-electron chi connectivity index (χ1n) is 2.16. The molecule has 0 saturated heterocycles. The Hall–Kier alpha value is -0.630. The highest BCUT2D eigenvalue weighted by Gasteiger charge is 1.85. The zero-order valence-electron chi connectivity index (χ0n) is 4.35. The number of hydrogen-bond acceptors (Lipinski definition) is 2. The van der Waals surface area contributed by atoms with Crippen LogP contribution in [0, 0.1) is 13.1 Å². The van der Waals surface area contributed by atoms with Gasteiger partial charge in [-0.2, -0.15) is 0 Å². The number of halogens is 1. The summed E-state index contributed by atoms with van der Waals surface area (Å²) < 4.78 is 0. The van der Waals surface area contributed by atoms with Crippen LogP contribution in [0.2, 0.25) is 5.02 Å². The molecule has 0 bridgehead atoms. The first-order valence-corrected chi connectivity index (χ1v) is 2.53. The third kappa shape index (κ3) is 1.17. The van der Waals surface area contributed by atoms with E-state index in [4.69, 9.17) is 11.6 Å². The van der Waals surface area contributed by atoms with Gasteiger partial charge in [0.05, 0.1) is 5.02 Å². The minimum Gasteiger partial charge on any atom is -0.240 e. The lowest BCUT2D eigenvalue weighted by molar-refractivity contribution is 1.05. The van der Waals surface area contributed by atoms with Crippen molar-refractivity contribution >= 4 is 11.6 Å². The summed E-state index contributed by atoms with van der Waals surface area (Å²) in [7, 11) is 0. The molecule has 8 heavy (non-hydrogen) atoms. The molecular weight excluding hydrogens is 124 g/mol. The predicted molar refractivity (Wildman–Crippen MR) is 30.6 cm³/mol. The maximum Gasteiger partial charge on any atom is 0.126 e.